The predicted octanol–water partition coefficient (Wildman–Crippen LogP) is 3.54. The van der Waals surface area contributed by atoms with Crippen LogP contribution in [-0.2, 0) is 19.3 Å². The summed E-state index contributed by atoms with van der Waals surface area (Å²) >= 11 is 0. The minimum atomic E-state index is -0.524. The second kappa shape index (κ2) is 5.18. The molecule has 19 heavy (non-hydrogen) atoms. The minimum absolute atomic E-state index is 0.524. The van der Waals surface area contributed by atoms with E-state index in [2.05, 4.69) is 48.5 Å². The molecule has 1 unspecified atom stereocenters. The van der Waals surface area contributed by atoms with Crippen molar-refractivity contribution >= 4 is 0 Å². The fourth-order valence-corrected chi connectivity index (χ4v) is 3.02. The largest absolute Gasteiger partial charge is 0.390 e. The first-order valence-corrected chi connectivity index (χ1v) is 7.08. The number of aryl methyl sites for hydroxylation is 2. The topological polar surface area (TPSA) is 20.2 Å². The lowest BCUT2D eigenvalue weighted by molar-refractivity contribution is 0.0182. The fourth-order valence-electron chi connectivity index (χ4n) is 3.02. The monoisotopic (exact) mass is 252 g/mol. The molecule has 1 atom stereocenters. The summed E-state index contributed by atoms with van der Waals surface area (Å²) in [6, 6.07) is 18.9. The van der Waals surface area contributed by atoms with E-state index in [0.29, 0.717) is 0 Å². The summed E-state index contributed by atoms with van der Waals surface area (Å²) in [5, 5.41) is 10.8. The summed E-state index contributed by atoms with van der Waals surface area (Å²) in [6.07, 6.45) is 4.50. The van der Waals surface area contributed by atoms with Gasteiger partial charge in [0.25, 0.3) is 0 Å². The summed E-state index contributed by atoms with van der Waals surface area (Å²) in [7, 11) is 0. The normalized spacial score (nSPS) is 21.9. The fraction of sp³-hybridized carbons (Fsp3) is 0.333. The van der Waals surface area contributed by atoms with E-state index in [4.69, 9.17) is 0 Å². The number of fused-ring (bicyclic) bond motifs is 1. The molecule has 2 aromatic rings. The standard InChI is InChI=1S/C18H20O/c19-18(12-10-15-6-2-1-3-7-15)13-11-16-8-4-5-9-17(16)14-18/h1-9,19H,10-14H2. The van der Waals surface area contributed by atoms with Gasteiger partial charge in [-0.25, -0.2) is 0 Å². The average molecular weight is 252 g/mol. The molecule has 0 saturated heterocycles. The molecule has 1 heteroatoms. The van der Waals surface area contributed by atoms with E-state index >= 15 is 0 Å². The summed E-state index contributed by atoms with van der Waals surface area (Å²) in [6.45, 7) is 0. The van der Waals surface area contributed by atoms with E-state index in [1.807, 2.05) is 6.07 Å². The third kappa shape index (κ3) is 2.87. The van der Waals surface area contributed by atoms with E-state index < -0.39 is 5.60 Å². The highest BCUT2D eigenvalue weighted by Gasteiger charge is 2.31. The van der Waals surface area contributed by atoms with E-state index in [-0.39, 0.29) is 0 Å². The smallest absolute Gasteiger partial charge is 0.0694 e. The van der Waals surface area contributed by atoms with Gasteiger partial charge < -0.3 is 5.11 Å². The number of benzene rings is 2. The molecule has 0 bridgehead atoms. The van der Waals surface area contributed by atoms with Crippen LogP contribution in [0.1, 0.15) is 29.5 Å². The molecule has 0 aliphatic heterocycles. The zero-order chi connectivity index (χ0) is 13.1. The SMILES string of the molecule is OC1(CCc2ccccc2)CCc2ccccc2C1. The Morgan fingerprint density at radius 2 is 1.58 bits per heavy atom. The van der Waals surface area contributed by atoms with Crippen LogP contribution in [0.4, 0.5) is 0 Å². The molecule has 0 aromatic heterocycles. The van der Waals surface area contributed by atoms with Crippen molar-refractivity contribution < 1.29 is 5.11 Å². The minimum Gasteiger partial charge on any atom is -0.390 e. The molecule has 0 heterocycles. The van der Waals surface area contributed by atoms with Gasteiger partial charge in [0.15, 0.2) is 0 Å². The lowest BCUT2D eigenvalue weighted by atomic mass is 9.77. The average Bonchev–Trinajstić information content (AvgIpc) is 2.46. The molecule has 2 aromatic carbocycles. The maximum absolute atomic E-state index is 10.8. The number of rotatable bonds is 3. The third-order valence-corrected chi connectivity index (χ3v) is 4.22. The summed E-state index contributed by atoms with van der Waals surface area (Å²) in [5.74, 6) is 0. The second-order valence-electron chi connectivity index (χ2n) is 5.66. The van der Waals surface area contributed by atoms with Gasteiger partial charge in [-0.3, -0.25) is 0 Å². The Morgan fingerprint density at radius 3 is 2.37 bits per heavy atom. The van der Waals surface area contributed by atoms with Crippen molar-refractivity contribution in [1.29, 1.82) is 0 Å². The molecule has 1 aliphatic rings. The zero-order valence-electron chi connectivity index (χ0n) is 11.2. The van der Waals surface area contributed by atoms with Gasteiger partial charge >= 0.3 is 0 Å². The quantitative estimate of drug-likeness (QED) is 0.886. The van der Waals surface area contributed by atoms with Gasteiger partial charge in [-0.2, -0.15) is 0 Å². The van der Waals surface area contributed by atoms with Crippen LogP contribution < -0.4 is 0 Å². The van der Waals surface area contributed by atoms with Crippen molar-refractivity contribution in [2.45, 2.75) is 37.7 Å². The van der Waals surface area contributed by atoms with Crippen molar-refractivity contribution in [3.8, 4) is 0 Å². The molecular formula is C18H20O. The molecule has 1 aliphatic carbocycles. The Kier molecular flexibility index (Phi) is 3.39. The van der Waals surface area contributed by atoms with E-state index in [0.717, 1.165) is 32.1 Å². The highest BCUT2D eigenvalue weighted by atomic mass is 16.3. The van der Waals surface area contributed by atoms with E-state index in [1.165, 1.54) is 16.7 Å². The molecule has 3 rings (SSSR count). The first-order chi connectivity index (χ1) is 9.25. The molecular weight excluding hydrogens is 232 g/mol. The summed E-state index contributed by atoms with van der Waals surface area (Å²) < 4.78 is 0. The van der Waals surface area contributed by atoms with Gasteiger partial charge in [-0.05, 0) is 42.4 Å². The van der Waals surface area contributed by atoms with Crippen molar-refractivity contribution in [3.05, 3.63) is 71.3 Å². The second-order valence-corrected chi connectivity index (χ2v) is 5.66. The van der Waals surface area contributed by atoms with Crippen molar-refractivity contribution in [2.24, 2.45) is 0 Å². The lowest BCUT2D eigenvalue weighted by Gasteiger charge is -2.33. The molecule has 1 nitrogen and oxygen atoms in total. The Bertz CT molecular complexity index is 547. The Hall–Kier alpha value is -1.60. The first-order valence-electron chi connectivity index (χ1n) is 7.08. The van der Waals surface area contributed by atoms with Gasteiger partial charge in [0.05, 0.1) is 5.60 Å². The highest BCUT2D eigenvalue weighted by molar-refractivity contribution is 5.31. The molecule has 98 valence electrons. The van der Waals surface area contributed by atoms with Crippen LogP contribution >= 0.6 is 0 Å². The van der Waals surface area contributed by atoms with Gasteiger partial charge in [-0.1, -0.05) is 54.6 Å². The maximum Gasteiger partial charge on any atom is 0.0694 e. The first kappa shape index (κ1) is 12.4. The summed E-state index contributed by atoms with van der Waals surface area (Å²) in [4.78, 5) is 0. The Labute approximate surface area is 114 Å². The maximum atomic E-state index is 10.8. The third-order valence-electron chi connectivity index (χ3n) is 4.22. The van der Waals surface area contributed by atoms with Crippen LogP contribution in [0, 0.1) is 0 Å². The molecule has 0 fully saturated rings. The number of aliphatic hydroxyl groups is 1. The highest BCUT2D eigenvalue weighted by Crippen LogP contribution is 2.31. The van der Waals surface area contributed by atoms with Gasteiger partial charge in [0.1, 0.15) is 0 Å². The van der Waals surface area contributed by atoms with Gasteiger partial charge in [-0.15, -0.1) is 0 Å². The molecule has 1 N–H and O–H groups in total. The van der Waals surface area contributed by atoms with E-state index in [1.54, 1.807) is 0 Å². The van der Waals surface area contributed by atoms with Crippen LogP contribution in [-0.4, -0.2) is 10.7 Å². The van der Waals surface area contributed by atoms with Crippen molar-refractivity contribution in [3.63, 3.8) is 0 Å². The van der Waals surface area contributed by atoms with Crippen LogP contribution in [0.3, 0.4) is 0 Å². The van der Waals surface area contributed by atoms with Crippen molar-refractivity contribution in [1.82, 2.24) is 0 Å². The lowest BCUT2D eigenvalue weighted by Crippen LogP contribution is -2.36. The van der Waals surface area contributed by atoms with Crippen LogP contribution in [0.25, 0.3) is 0 Å². The van der Waals surface area contributed by atoms with Gasteiger partial charge in [0.2, 0.25) is 0 Å². The predicted molar refractivity (Wildman–Crippen MR) is 78.2 cm³/mol. The van der Waals surface area contributed by atoms with Crippen LogP contribution in [0.15, 0.2) is 54.6 Å². The number of hydrogen-bond donors (Lipinski definition) is 1. The molecule has 0 amide bonds. The molecule has 0 radical (unpaired) electrons. The Balaban J connectivity index is 1.69. The molecule has 0 saturated carbocycles. The van der Waals surface area contributed by atoms with Crippen molar-refractivity contribution in [2.75, 3.05) is 0 Å². The Morgan fingerprint density at radius 1 is 0.895 bits per heavy atom. The zero-order valence-corrected chi connectivity index (χ0v) is 11.2. The van der Waals surface area contributed by atoms with Crippen LogP contribution in [0.5, 0.6) is 0 Å². The summed E-state index contributed by atoms with van der Waals surface area (Å²) in [5.41, 5.74) is 3.52. The number of hydrogen-bond acceptors (Lipinski definition) is 1. The van der Waals surface area contributed by atoms with Crippen LogP contribution in [0.2, 0.25) is 0 Å². The molecule has 0 spiro atoms. The van der Waals surface area contributed by atoms with Gasteiger partial charge in [0, 0.05) is 6.42 Å². The van der Waals surface area contributed by atoms with E-state index in [9.17, 15) is 5.11 Å².